The molecule has 6 heteroatoms. The van der Waals surface area contributed by atoms with E-state index in [4.69, 9.17) is 4.74 Å². The fraction of sp³-hybridized carbons (Fsp3) is 0.143. The van der Waals surface area contributed by atoms with Gasteiger partial charge in [0.05, 0.1) is 18.1 Å². The lowest BCUT2D eigenvalue weighted by Crippen LogP contribution is -1.98. The van der Waals surface area contributed by atoms with Gasteiger partial charge >= 0.3 is 5.69 Å². The normalized spacial score (nSPS) is 10.5. The summed E-state index contributed by atoms with van der Waals surface area (Å²) in [7, 11) is 0. The van der Waals surface area contributed by atoms with Gasteiger partial charge in [-0.25, -0.2) is 4.39 Å². The van der Waals surface area contributed by atoms with Gasteiger partial charge in [0, 0.05) is 11.6 Å². The fourth-order valence-electron chi connectivity index (χ4n) is 1.68. The van der Waals surface area contributed by atoms with Crippen LogP contribution in [0.1, 0.15) is 11.1 Å². The molecule has 0 unspecified atom stereocenters. The van der Waals surface area contributed by atoms with Gasteiger partial charge in [0.2, 0.25) is 5.82 Å². The first-order valence-electron chi connectivity index (χ1n) is 5.82. The Morgan fingerprint density at radius 1 is 1.05 bits per heavy atom. The van der Waals surface area contributed by atoms with Gasteiger partial charge in [0.1, 0.15) is 5.82 Å². The van der Waals surface area contributed by atoms with Gasteiger partial charge in [-0.2, -0.15) is 4.39 Å². The van der Waals surface area contributed by atoms with Gasteiger partial charge in [0.25, 0.3) is 0 Å². The second-order valence-electron chi connectivity index (χ2n) is 4.13. The zero-order valence-electron chi connectivity index (χ0n) is 10.4. The van der Waals surface area contributed by atoms with Crippen LogP contribution in [-0.4, -0.2) is 4.92 Å². The maximum absolute atomic E-state index is 13.4. The van der Waals surface area contributed by atoms with Crippen molar-refractivity contribution in [3.05, 3.63) is 75.3 Å². The monoisotopic (exact) mass is 279 g/mol. The molecule has 0 amide bonds. The van der Waals surface area contributed by atoms with Crippen molar-refractivity contribution in [1.29, 1.82) is 0 Å². The standard InChI is InChI=1S/C14H11F2NO3/c15-12-4-2-1-3-11(12)9-20-8-10-5-6-14(17(18)19)13(16)7-10/h1-7H,8-9H2. The molecular weight excluding hydrogens is 268 g/mol. The van der Waals surface area contributed by atoms with Crippen molar-refractivity contribution < 1.29 is 18.4 Å². The minimum absolute atomic E-state index is 0.0449. The number of nitrogens with zero attached hydrogens (tertiary/aromatic N) is 1. The number of benzene rings is 2. The highest BCUT2D eigenvalue weighted by atomic mass is 19.1. The Labute approximate surface area is 113 Å². The molecule has 0 fully saturated rings. The number of rotatable bonds is 5. The lowest BCUT2D eigenvalue weighted by atomic mass is 10.2. The Kier molecular flexibility index (Phi) is 4.37. The van der Waals surface area contributed by atoms with E-state index in [1.54, 1.807) is 18.2 Å². The molecule has 2 aromatic carbocycles. The van der Waals surface area contributed by atoms with Gasteiger partial charge in [-0.05, 0) is 23.8 Å². The van der Waals surface area contributed by atoms with Crippen LogP contribution in [0.3, 0.4) is 0 Å². The molecule has 0 saturated heterocycles. The van der Waals surface area contributed by atoms with Gasteiger partial charge in [-0.3, -0.25) is 10.1 Å². The summed E-state index contributed by atoms with van der Waals surface area (Å²) in [6.45, 7) is 0.0918. The molecule has 2 rings (SSSR count). The molecule has 20 heavy (non-hydrogen) atoms. The number of hydrogen-bond acceptors (Lipinski definition) is 3. The average Bonchev–Trinajstić information content (AvgIpc) is 2.40. The van der Waals surface area contributed by atoms with Crippen LogP contribution in [0.5, 0.6) is 0 Å². The third-order valence-electron chi connectivity index (χ3n) is 2.69. The Bertz CT molecular complexity index is 632. The summed E-state index contributed by atoms with van der Waals surface area (Å²) in [6, 6.07) is 9.70. The Balaban J connectivity index is 1.97. The van der Waals surface area contributed by atoms with Crippen molar-refractivity contribution in [1.82, 2.24) is 0 Å². The average molecular weight is 279 g/mol. The Morgan fingerprint density at radius 2 is 1.80 bits per heavy atom. The van der Waals surface area contributed by atoms with E-state index in [-0.39, 0.29) is 19.0 Å². The SMILES string of the molecule is O=[N+]([O-])c1ccc(COCc2ccccc2F)cc1F. The van der Waals surface area contributed by atoms with Crippen LogP contribution in [0.15, 0.2) is 42.5 Å². The predicted molar refractivity (Wildman–Crippen MR) is 67.9 cm³/mol. The van der Waals surface area contributed by atoms with Crippen LogP contribution in [0.25, 0.3) is 0 Å². The minimum Gasteiger partial charge on any atom is -0.372 e. The number of hydrogen-bond donors (Lipinski definition) is 0. The molecule has 0 radical (unpaired) electrons. The summed E-state index contributed by atoms with van der Waals surface area (Å²) in [6.07, 6.45) is 0. The molecule has 0 aliphatic heterocycles. The number of nitro benzene ring substituents is 1. The molecule has 0 saturated carbocycles. The van der Waals surface area contributed by atoms with Crippen LogP contribution in [0, 0.1) is 21.7 Å². The van der Waals surface area contributed by atoms with Gasteiger partial charge in [-0.1, -0.05) is 18.2 Å². The van der Waals surface area contributed by atoms with Crippen molar-refractivity contribution in [3.8, 4) is 0 Å². The highest BCUT2D eigenvalue weighted by Crippen LogP contribution is 2.19. The van der Waals surface area contributed by atoms with E-state index in [0.717, 1.165) is 12.1 Å². The third kappa shape index (κ3) is 3.36. The van der Waals surface area contributed by atoms with Gasteiger partial charge in [-0.15, -0.1) is 0 Å². The van der Waals surface area contributed by atoms with Gasteiger partial charge < -0.3 is 4.74 Å². The van der Waals surface area contributed by atoms with Crippen LogP contribution in [-0.2, 0) is 18.0 Å². The smallest absolute Gasteiger partial charge is 0.304 e. The van der Waals surface area contributed by atoms with Crippen LogP contribution in [0.2, 0.25) is 0 Å². The van der Waals surface area contributed by atoms with E-state index in [1.165, 1.54) is 12.1 Å². The van der Waals surface area contributed by atoms with Crippen molar-refractivity contribution in [3.63, 3.8) is 0 Å². The van der Waals surface area contributed by atoms with E-state index >= 15 is 0 Å². The van der Waals surface area contributed by atoms with E-state index < -0.39 is 16.4 Å². The number of halogens is 2. The molecule has 2 aromatic rings. The maximum Gasteiger partial charge on any atom is 0.304 e. The van der Waals surface area contributed by atoms with Crippen molar-refractivity contribution in [2.45, 2.75) is 13.2 Å². The molecular formula is C14H11F2NO3. The van der Waals surface area contributed by atoms with E-state index in [1.807, 2.05) is 0 Å². The maximum atomic E-state index is 13.4. The van der Waals surface area contributed by atoms with E-state index in [9.17, 15) is 18.9 Å². The summed E-state index contributed by atoms with van der Waals surface area (Å²) in [5.74, 6) is -1.29. The molecule has 0 aromatic heterocycles. The summed E-state index contributed by atoms with van der Waals surface area (Å²) >= 11 is 0. The summed E-state index contributed by atoms with van der Waals surface area (Å²) in [4.78, 5) is 9.67. The van der Waals surface area contributed by atoms with Crippen molar-refractivity contribution in [2.75, 3.05) is 0 Å². The van der Waals surface area contributed by atoms with Crippen LogP contribution < -0.4 is 0 Å². The zero-order valence-corrected chi connectivity index (χ0v) is 10.4. The summed E-state index contributed by atoms with van der Waals surface area (Å²) < 4.78 is 31.9. The zero-order chi connectivity index (χ0) is 14.5. The fourth-order valence-corrected chi connectivity index (χ4v) is 1.68. The van der Waals surface area contributed by atoms with Crippen molar-refractivity contribution >= 4 is 5.69 Å². The molecule has 0 aliphatic rings. The molecule has 0 bridgehead atoms. The Hall–Kier alpha value is -2.34. The second-order valence-corrected chi connectivity index (χ2v) is 4.13. The summed E-state index contributed by atoms with van der Waals surface area (Å²) in [5.41, 5.74) is 0.266. The summed E-state index contributed by atoms with van der Waals surface area (Å²) in [5, 5.41) is 10.5. The number of ether oxygens (including phenoxy) is 1. The molecule has 0 N–H and O–H groups in total. The van der Waals surface area contributed by atoms with Crippen LogP contribution >= 0.6 is 0 Å². The quantitative estimate of drug-likeness (QED) is 0.620. The molecule has 0 atom stereocenters. The first-order valence-corrected chi connectivity index (χ1v) is 5.82. The third-order valence-corrected chi connectivity index (χ3v) is 2.69. The molecule has 0 heterocycles. The largest absolute Gasteiger partial charge is 0.372 e. The highest BCUT2D eigenvalue weighted by Gasteiger charge is 2.13. The molecule has 104 valence electrons. The highest BCUT2D eigenvalue weighted by molar-refractivity contribution is 5.34. The van der Waals surface area contributed by atoms with Crippen LogP contribution in [0.4, 0.5) is 14.5 Å². The topological polar surface area (TPSA) is 52.4 Å². The lowest BCUT2D eigenvalue weighted by Gasteiger charge is -2.06. The van der Waals surface area contributed by atoms with E-state index in [2.05, 4.69) is 0 Å². The lowest BCUT2D eigenvalue weighted by molar-refractivity contribution is -0.387. The van der Waals surface area contributed by atoms with E-state index in [0.29, 0.717) is 11.1 Å². The Morgan fingerprint density at radius 3 is 2.45 bits per heavy atom. The minimum atomic E-state index is -0.915. The molecule has 4 nitrogen and oxygen atoms in total. The molecule has 0 spiro atoms. The predicted octanol–water partition coefficient (Wildman–Crippen LogP) is 3.59. The second kappa shape index (κ2) is 6.21. The number of nitro groups is 1. The molecule has 0 aliphatic carbocycles. The van der Waals surface area contributed by atoms with Crippen molar-refractivity contribution in [2.24, 2.45) is 0 Å². The first kappa shape index (κ1) is 14.1. The van der Waals surface area contributed by atoms with Gasteiger partial charge in [0.15, 0.2) is 0 Å². The first-order chi connectivity index (χ1) is 9.58.